The van der Waals surface area contributed by atoms with Crippen LogP contribution in [0, 0.1) is 5.82 Å². The maximum absolute atomic E-state index is 13.9. The lowest BCUT2D eigenvalue weighted by atomic mass is 10.2. The summed E-state index contributed by atoms with van der Waals surface area (Å²) < 4.78 is 14.6. The second kappa shape index (κ2) is 8.39. The normalized spacial score (nSPS) is 11.5. The Balaban J connectivity index is 2.37. The van der Waals surface area contributed by atoms with Crippen molar-refractivity contribution >= 4 is 6.21 Å². The first-order valence-corrected chi connectivity index (χ1v) is 8.05. The largest absolute Gasteiger partial charge is 0.493 e. The van der Waals surface area contributed by atoms with E-state index in [2.05, 4.69) is 14.9 Å². The van der Waals surface area contributed by atoms with Crippen LogP contribution in [0.3, 0.4) is 0 Å². The number of halogens is 1. The SMILES string of the molecule is CCN(CC)CCN=Cc1c(O)n(-c2ccccc2F)c(=O)[nH]c1=O. The van der Waals surface area contributed by atoms with Crippen LogP contribution in [-0.4, -0.2) is 52.0 Å². The van der Waals surface area contributed by atoms with E-state index < -0.39 is 22.9 Å². The molecule has 1 aromatic carbocycles. The van der Waals surface area contributed by atoms with Gasteiger partial charge in [0.2, 0.25) is 5.88 Å². The summed E-state index contributed by atoms with van der Waals surface area (Å²) in [7, 11) is 0. The Morgan fingerprint density at radius 1 is 1.28 bits per heavy atom. The van der Waals surface area contributed by atoms with Gasteiger partial charge in [0, 0.05) is 12.8 Å². The average Bonchev–Trinajstić information content (AvgIpc) is 2.59. The molecule has 134 valence electrons. The monoisotopic (exact) mass is 348 g/mol. The van der Waals surface area contributed by atoms with Gasteiger partial charge in [-0.25, -0.2) is 13.8 Å². The number of aliphatic imine (C=N–C) groups is 1. The smallest absolute Gasteiger partial charge is 0.335 e. The van der Waals surface area contributed by atoms with Gasteiger partial charge in [0.05, 0.1) is 12.2 Å². The number of benzene rings is 1. The predicted octanol–water partition coefficient (Wildman–Crippen LogP) is 1.13. The van der Waals surface area contributed by atoms with Crippen molar-refractivity contribution in [2.45, 2.75) is 13.8 Å². The summed E-state index contributed by atoms with van der Waals surface area (Å²) in [6.45, 7) is 6.97. The van der Waals surface area contributed by atoms with Crippen LogP contribution in [0.5, 0.6) is 5.88 Å². The lowest BCUT2D eigenvalue weighted by Gasteiger charge is -2.15. The molecule has 0 aliphatic carbocycles. The number of aromatic nitrogens is 2. The number of para-hydroxylation sites is 1. The van der Waals surface area contributed by atoms with E-state index in [4.69, 9.17) is 0 Å². The van der Waals surface area contributed by atoms with E-state index in [0.717, 1.165) is 19.2 Å². The zero-order valence-electron chi connectivity index (χ0n) is 14.2. The first kappa shape index (κ1) is 18.6. The standard InChI is InChI=1S/C17H21FN4O3/c1-3-21(4-2)10-9-19-11-12-15(23)20-17(25)22(16(12)24)14-8-6-5-7-13(14)18/h5-8,11,24H,3-4,9-10H2,1-2H3,(H,20,23,25). The minimum Gasteiger partial charge on any atom is -0.493 e. The van der Waals surface area contributed by atoms with Gasteiger partial charge in [0.1, 0.15) is 11.4 Å². The number of rotatable bonds is 7. The van der Waals surface area contributed by atoms with Crippen molar-refractivity contribution in [3.63, 3.8) is 0 Å². The second-order valence-corrected chi connectivity index (χ2v) is 5.35. The van der Waals surface area contributed by atoms with Gasteiger partial charge in [-0.3, -0.25) is 14.8 Å². The topological polar surface area (TPSA) is 90.7 Å². The summed E-state index contributed by atoms with van der Waals surface area (Å²) in [6, 6.07) is 5.47. The fraction of sp³-hybridized carbons (Fsp3) is 0.353. The first-order chi connectivity index (χ1) is 12.0. The quantitative estimate of drug-likeness (QED) is 0.734. The number of hydrogen-bond acceptors (Lipinski definition) is 5. The summed E-state index contributed by atoms with van der Waals surface area (Å²) in [5.41, 5.74) is -2.05. The Hall–Kier alpha value is -2.74. The third-order valence-corrected chi connectivity index (χ3v) is 3.87. The lowest BCUT2D eigenvalue weighted by molar-refractivity contribution is 0.313. The van der Waals surface area contributed by atoms with Gasteiger partial charge in [-0.15, -0.1) is 0 Å². The van der Waals surface area contributed by atoms with Gasteiger partial charge >= 0.3 is 5.69 Å². The third-order valence-electron chi connectivity index (χ3n) is 3.87. The van der Waals surface area contributed by atoms with E-state index in [0.29, 0.717) is 17.7 Å². The summed E-state index contributed by atoms with van der Waals surface area (Å²) in [6.07, 6.45) is 1.20. The van der Waals surface area contributed by atoms with Gasteiger partial charge in [0.25, 0.3) is 5.56 Å². The van der Waals surface area contributed by atoms with Crippen LogP contribution in [-0.2, 0) is 0 Å². The first-order valence-electron chi connectivity index (χ1n) is 8.05. The van der Waals surface area contributed by atoms with Crippen LogP contribution < -0.4 is 11.2 Å². The van der Waals surface area contributed by atoms with Crippen LogP contribution in [0.25, 0.3) is 5.69 Å². The molecule has 0 atom stereocenters. The minimum atomic E-state index is -0.923. The Morgan fingerprint density at radius 2 is 1.96 bits per heavy atom. The second-order valence-electron chi connectivity index (χ2n) is 5.35. The molecule has 0 bridgehead atoms. The van der Waals surface area contributed by atoms with Crippen molar-refractivity contribution in [3.8, 4) is 11.6 Å². The molecule has 2 N–H and O–H groups in total. The molecule has 0 radical (unpaired) electrons. The number of likely N-dealkylation sites (N-methyl/N-ethyl adjacent to an activating group) is 1. The molecule has 0 aliphatic heterocycles. The third kappa shape index (κ3) is 4.21. The Kier molecular flexibility index (Phi) is 6.24. The van der Waals surface area contributed by atoms with E-state index in [9.17, 15) is 19.1 Å². The zero-order chi connectivity index (χ0) is 18.4. The van der Waals surface area contributed by atoms with Crippen LogP contribution in [0.4, 0.5) is 4.39 Å². The molecule has 0 fully saturated rings. The van der Waals surface area contributed by atoms with Crippen molar-refractivity contribution in [3.05, 3.63) is 56.5 Å². The summed E-state index contributed by atoms with van der Waals surface area (Å²) >= 11 is 0. The molecule has 2 rings (SSSR count). The van der Waals surface area contributed by atoms with Gasteiger partial charge in [-0.1, -0.05) is 26.0 Å². The molecule has 0 aliphatic rings. The zero-order valence-corrected chi connectivity index (χ0v) is 14.2. The van der Waals surface area contributed by atoms with Crippen molar-refractivity contribution in [1.29, 1.82) is 0 Å². The highest BCUT2D eigenvalue weighted by atomic mass is 19.1. The van der Waals surface area contributed by atoms with Gasteiger partial charge < -0.3 is 10.0 Å². The predicted molar refractivity (Wildman–Crippen MR) is 94.5 cm³/mol. The Bertz CT molecular complexity index is 869. The molecule has 2 aromatic rings. The highest BCUT2D eigenvalue weighted by Crippen LogP contribution is 2.17. The average molecular weight is 348 g/mol. The van der Waals surface area contributed by atoms with E-state index in [1.54, 1.807) is 0 Å². The van der Waals surface area contributed by atoms with Crippen LogP contribution in [0.2, 0.25) is 0 Å². The molecule has 7 nitrogen and oxygen atoms in total. The molecule has 0 unspecified atom stereocenters. The Morgan fingerprint density at radius 3 is 2.60 bits per heavy atom. The van der Waals surface area contributed by atoms with Crippen LogP contribution in [0.15, 0.2) is 38.8 Å². The highest BCUT2D eigenvalue weighted by molar-refractivity contribution is 5.82. The maximum atomic E-state index is 13.9. The molecule has 8 heteroatoms. The Labute approximate surface area is 144 Å². The maximum Gasteiger partial charge on any atom is 0.335 e. The van der Waals surface area contributed by atoms with E-state index >= 15 is 0 Å². The summed E-state index contributed by atoms with van der Waals surface area (Å²) in [5, 5.41) is 10.3. The molecule has 25 heavy (non-hydrogen) atoms. The number of nitrogens with one attached hydrogen (secondary N) is 1. The molecule has 0 saturated heterocycles. The number of aromatic amines is 1. The summed E-state index contributed by atoms with van der Waals surface area (Å²) in [5.74, 6) is -1.35. The number of nitrogens with zero attached hydrogens (tertiary/aromatic N) is 3. The van der Waals surface area contributed by atoms with Crippen molar-refractivity contribution < 1.29 is 9.50 Å². The molecule has 1 heterocycles. The van der Waals surface area contributed by atoms with Crippen molar-refractivity contribution in [2.75, 3.05) is 26.2 Å². The molecule has 1 aromatic heterocycles. The van der Waals surface area contributed by atoms with Crippen molar-refractivity contribution in [2.24, 2.45) is 4.99 Å². The summed E-state index contributed by atoms with van der Waals surface area (Å²) in [4.78, 5) is 32.3. The number of hydrogen-bond donors (Lipinski definition) is 2. The van der Waals surface area contributed by atoms with Gasteiger partial charge in [-0.2, -0.15) is 0 Å². The number of aromatic hydroxyl groups is 1. The van der Waals surface area contributed by atoms with E-state index in [-0.39, 0.29) is 11.3 Å². The number of H-pyrrole nitrogens is 1. The van der Waals surface area contributed by atoms with Gasteiger partial charge in [-0.05, 0) is 25.2 Å². The molecule has 0 spiro atoms. The molecular formula is C17H21FN4O3. The minimum absolute atomic E-state index is 0.154. The highest BCUT2D eigenvalue weighted by Gasteiger charge is 2.16. The van der Waals surface area contributed by atoms with Crippen LogP contribution in [0.1, 0.15) is 19.4 Å². The fourth-order valence-electron chi connectivity index (χ4n) is 2.41. The molecule has 0 saturated carbocycles. The lowest BCUT2D eigenvalue weighted by Crippen LogP contribution is -2.32. The molecule has 0 amide bonds. The van der Waals surface area contributed by atoms with Crippen molar-refractivity contribution in [1.82, 2.24) is 14.5 Å². The van der Waals surface area contributed by atoms with Gasteiger partial charge in [0.15, 0.2) is 0 Å². The fourth-order valence-corrected chi connectivity index (χ4v) is 2.41. The van der Waals surface area contributed by atoms with E-state index in [1.807, 2.05) is 13.8 Å². The molecular weight excluding hydrogens is 327 g/mol. The van der Waals surface area contributed by atoms with E-state index in [1.165, 1.54) is 24.4 Å². The van der Waals surface area contributed by atoms with Crippen LogP contribution >= 0.6 is 0 Å².